The molecule has 1 fully saturated rings. The zero-order valence-corrected chi connectivity index (χ0v) is 17.9. The molecule has 0 spiro atoms. The van der Waals surface area contributed by atoms with E-state index in [1.54, 1.807) is 0 Å². The molecule has 9 heteroatoms. The van der Waals surface area contributed by atoms with E-state index in [4.69, 9.17) is 16.0 Å². The van der Waals surface area contributed by atoms with Crippen molar-refractivity contribution in [1.29, 1.82) is 0 Å². The van der Waals surface area contributed by atoms with E-state index in [0.717, 1.165) is 24.1 Å². The van der Waals surface area contributed by atoms with Gasteiger partial charge in [-0.3, -0.25) is 9.36 Å². The summed E-state index contributed by atoms with van der Waals surface area (Å²) in [6.07, 6.45) is 3.44. The van der Waals surface area contributed by atoms with E-state index in [1.807, 2.05) is 59.2 Å². The number of benzene rings is 2. The fraction of sp³-hybridized carbons (Fsp3) is 0.182. The summed E-state index contributed by atoms with van der Waals surface area (Å²) in [7, 11) is 0. The quantitative estimate of drug-likeness (QED) is 0.408. The van der Waals surface area contributed by atoms with E-state index < -0.39 is 0 Å². The first-order chi connectivity index (χ1) is 15.2. The number of halogens is 1. The number of carbonyl (C=O) groups is 1. The maximum Gasteiger partial charge on any atom is 0.273 e. The van der Waals surface area contributed by atoms with E-state index in [-0.39, 0.29) is 11.9 Å². The molecular formula is C22H18ClN5O2S. The topological polar surface area (TPSA) is 85.8 Å². The lowest BCUT2D eigenvalue weighted by Gasteiger charge is -2.10. The molecule has 2 heterocycles. The van der Waals surface area contributed by atoms with E-state index in [2.05, 4.69) is 20.5 Å². The summed E-state index contributed by atoms with van der Waals surface area (Å²) in [6.45, 7) is 0. The van der Waals surface area contributed by atoms with Crippen LogP contribution >= 0.6 is 23.4 Å². The molecule has 0 radical (unpaired) electrons. The number of carbonyl (C=O) groups excluding carboxylic acids is 1. The number of hydrogen-bond acceptors (Lipinski definition) is 6. The number of hydrogen-bond donors (Lipinski definition) is 1. The third kappa shape index (κ3) is 4.35. The van der Waals surface area contributed by atoms with Crippen molar-refractivity contribution >= 4 is 29.3 Å². The summed E-state index contributed by atoms with van der Waals surface area (Å²) in [5.74, 6) is 1.31. The van der Waals surface area contributed by atoms with Crippen LogP contribution in [0.5, 0.6) is 0 Å². The van der Waals surface area contributed by atoms with Gasteiger partial charge in [0.1, 0.15) is 6.26 Å². The molecule has 7 nitrogen and oxygen atoms in total. The largest absolute Gasteiger partial charge is 0.447 e. The first kappa shape index (κ1) is 19.8. The van der Waals surface area contributed by atoms with Gasteiger partial charge in [-0.1, -0.05) is 53.7 Å². The molecule has 0 aliphatic heterocycles. The van der Waals surface area contributed by atoms with Crippen LogP contribution < -0.4 is 5.32 Å². The monoisotopic (exact) mass is 451 g/mol. The van der Waals surface area contributed by atoms with E-state index in [9.17, 15) is 4.79 Å². The number of rotatable bonds is 7. The van der Waals surface area contributed by atoms with Crippen molar-refractivity contribution < 1.29 is 9.21 Å². The fourth-order valence-electron chi connectivity index (χ4n) is 3.09. The summed E-state index contributed by atoms with van der Waals surface area (Å²) in [6, 6.07) is 17.7. The normalized spacial score (nSPS) is 13.3. The summed E-state index contributed by atoms with van der Waals surface area (Å²) < 4.78 is 7.45. The van der Waals surface area contributed by atoms with Gasteiger partial charge in [0.05, 0.1) is 10.8 Å². The number of nitrogens with one attached hydrogen (secondary N) is 1. The predicted octanol–water partition coefficient (Wildman–Crippen LogP) is 4.76. The Bertz CT molecular complexity index is 1220. The molecule has 0 atom stereocenters. The maximum atomic E-state index is 12.1. The van der Waals surface area contributed by atoms with Gasteiger partial charge < -0.3 is 9.73 Å². The zero-order chi connectivity index (χ0) is 21.2. The first-order valence-corrected chi connectivity index (χ1v) is 11.2. The Balaban J connectivity index is 1.41. The molecule has 5 rings (SSSR count). The Morgan fingerprint density at radius 2 is 1.90 bits per heavy atom. The van der Waals surface area contributed by atoms with Gasteiger partial charge in [-0.25, -0.2) is 4.98 Å². The average molecular weight is 452 g/mol. The maximum absolute atomic E-state index is 12.1. The molecule has 1 saturated carbocycles. The van der Waals surface area contributed by atoms with Gasteiger partial charge in [-0.15, -0.1) is 10.2 Å². The van der Waals surface area contributed by atoms with Crippen molar-refractivity contribution in [3.63, 3.8) is 0 Å². The van der Waals surface area contributed by atoms with Crippen LogP contribution in [0.1, 0.15) is 29.2 Å². The van der Waals surface area contributed by atoms with Crippen LogP contribution in [0.15, 0.2) is 70.4 Å². The van der Waals surface area contributed by atoms with Gasteiger partial charge in [0.2, 0.25) is 5.89 Å². The van der Waals surface area contributed by atoms with Crippen LogP contribution in [0.4, 0.5) is 0 Å². The van der Waals surface area contributed by atoms with Gasteiger partial charge in [-0.05, 0) is 37.1 Å². The molecule has 2 aromatic carbocycles. The highest BCUT2D eigenvalue weighted by atomic mass is 35.5. The van der Waals surface area contributed by atoms with Gasteiger partial charge >= 0.3 is 0 Å². The highest BCUT2D eigenvalue weighted by Crippen LogP contribution is 2.32. The number of para-hydroxylation sites is 1. The highest BCUT2D eigenvalue weighted by molar-refractivity contribution is 7.98. The number of amides is 1. The lowest BCUT2D eigenvalue weighted by molar-refractivity contribution is 0.0946. The van der Waals surface area contributed by atoms with E-state index >= 15 is 0 Å². The average Bonchev–Trinajstić information content (AvgIpc) is 3.31. The van der Waals surface area contributed by atoms with Crippen LogP contribution in [-0.2, 0) is 5.75 Å². The van der Waals surface area contributed by atoms with Crippen LogP contribution in [0.25, 0.3) is 17.1 Å². The Morgan fingerprint density at radius 3 is 2.68 bits per heavy atom. The molecule has 31 heavy (non-hydrogen) atoms. The van der Waals surface area contributed by atoms with Crippen molar-refractivity contribution in [2.45, 2.75) is 29.8 Å². The lowest BCUT2D eigenvalue weighted by Crippen LogP contribution is -2.25. The van der Waals surface area contributed by atoms with Gasteiger partial charge in [0.15, 0.2) is 16.7 Å². The van der Waals surface area contributed by atoms with Gasteiger partial charge in [-0.2, -0.15) is 0 Å². The highest BCUT2D eigenvalue weighted by Gasteiger charge is 2.25. The second-order valence-corrected chi connectivity index (χ2v) is 8.47. The minimum Gasteiger partial charge on any atom is -0.447 e. The smallest absolute Gasteiger partial charge is 0.273 e. The summed E-state index contributed by atoms with van der Waals surface area (Å²) >= 11 is 7.85. The van der Waals surface area contributed by atoms with Crippen molar-refractivity contribution in [2.24, 2.45) is 0 Å². The summed E-state index contributed by atoms with van der Waals surface area (Å²) in [5.41, 5.74) is 2.01. The lowest BCUT2D eigenvalue weighted by atomic mass is 10.2. The molecule has 0 bridgehead atoms. The van der Waals surface area contributed by atoms with Crippen LogP contribution in [0, 0.1) is 0 Å². The molecule has 156 valence electrons. The number of nitrogens with zero attached hydrogens (tertiary/aromatic N) is 4. The summed E-state index contributed by atoms with van der Waals surface area (Å²) in [5, 5.41) is 13.0. The van der Waals surface area contributed by atoms with Crippen LogP contribution in [-0.4, -0.2) is 31.7 Å². The number of thioether (sulfide) groups is 1. The Morgan fingerprint density at radius 1 is 1.13 bits per heavy atom. The number of aromatic nitrogens is 4. The molecule has 1 aliphatic rings. The third-order valence-corrected chi connectivity index (χ3v) is 6.03. The molecular weight excluding hydrogens is 434 g/mol. The minimum atomic E-state index is -0.198. The minimum absolute atomic E-state index is 0.198. The predicted molar refractivity (Wildman–Crippen MR) is 118 cm³/mol. The van der Waals surface area contributed by atoms with Crippen molar-refractivity contribution in [3.05, 3.63) is 77.5 Å². The zero-order valence-electron chi connectivity index (χ0n) is 16.4. The number of oxazole rings is 1. The molecule has 0 unspecified atom stereocenters. The third-order valence-electron chi connectivity index (χ3n) is 4.78. The first-order valence-electron chi connectivity index (χ1n) is 9.83. The second kappa shape index (κ2) is 8.56. The van der Waals surface area contributed by atoms with Crippen molar-refractivity contribution in [1.82, 2.24) is 25.1 Å². The van der Waals surface area contributed by atoms with Crippen LogP contribution in [0.2, 0.25) is 5.02 Å². The molecule has 1 amide bonds. The molecule has 0 saturated heterocycles. The Hall–Kier alpha value is -3.10. The Labute approximate surface area is 187 Å². The standard InChI is InChI=1S/C22H18ClN5O2S/c23-17-9-5-4-8-16(17)20-26-27-22(28(20)15-6-2-1-3-7-15)31-13-19-25-18(12-30-19)21(29)24-14-10-11-14/h1-9,12,14H,10-11,13H2,(H,24,29). The molecule has 1 N–H and O–H groups in total. The van der Waals surface area contributed by atoms with Crippen molar-refractivity contribution in [3.8, 4) is 17.1 Å². The second-order valence-electron chi connectivity index (χ2n) is 7.12. The van der Waals surface area contributed by atoms with Crippen molar-refractivity contribution in [2.75, 3.05) is 0 Å². The van der Waals surface area contributed by atoms with E-state index in [1.165, 1.54) is 18.0 Å². The molecule has 2 aromatic heterocycles. The summed E-state index contributed by atoms with van der Waals surface area (Å²) in [4.78, 5) is 16.4. The van der Waals surface area contributed by atoms with E-state index in [0.29, 0.717) is 33.3 Å². The van der Waals surface area contributed by atoms with Gasteiger partial charge in [0, 0.05) is 17.3 Å². The molecule has 4 aromatic rings. The SMILES string of the molecule is O=C(NC1CC1)c1coc(CSc2nnc(-c3ccccc3Cl)n2-c2ccccc2)n1. The van der Waals surface area contributed by atoms with Gasteiger partial charge in [0.25, 0.3) is 5.91 Å². The fourth-order valence-corrected chi connectivity index (χ4v) is 4.11. The molecule has 1 aliphatic carbocycles. The van der Waals surface area contributed by atoms with Crippen LogP contribution in [0.3, 0.4) is 0 Å². The Kier molecular flexibility index (Phi) is 5.48.